The largest absolute Gasteiger partial charge is 0.429 e. The summed E-state index contributed by atoms with van der Waals surface area (Å²) in [7, 11) is 0. The molecule has 0 bridgehead atoms. The van der Waals surface area contributed by atoms with E-state index in [0.717, 1.165) is 17.0 Å². The first-order valence-corrected chi connectivity index (χ1v) is 4.47. The highest BCUT2D eigenvalue weighted by Gasteiger charge is 2.08. The van der Waals surface area contributed by atoms with E-state index in [1.165, 1.54) is 5.56 Å². The van der Waals surface area contributed by atoms with Gasteiger partial charge in [0.15, 0.2) is 0 Å². The van der Waals surface area contributed by atoms with Gasteiger partial charge in [0.05, 0.1) is 0 Å². The Morgan fingerprint density at radius 2 is 2.07 bits per heavy atom. The van der Waals surface area contributed by atoms with E-state index in [1.54, 1.807) is 0 Å². The second kappa shape index (κ2) is 3.18. The van der Waals surface area contributed by atoms with Crippen LogP contribution in [0.3, 0.4) is 0 Å². The first-order valence-electron chi connectivity index (χ1n) is 4.47. The van der Waals surface area contributed by atoms with E-state index < -0.39 is 0 Å². The number of rotatable bonds is 1. The SMILES string of the molecule is Cc1cccc(-c2nc(N)oc2C)c1. The lowest BCUT2D eigenvalue weighted by Crippen LogP contribution is -1.84. The standard InChI is InChI=1S/C11H12N2O/c1-7-4-3-5-9(6-7)10-8(2)14-11(12)13-10/h3-6H,1-2H3,(H2,12,13). The number of hydrogen-bond donors (Lipinski definition) is 1. The van der Waals surface area contributed by atoms with Crippen molar-refractivity contribution in [3.63, 3.8) is 0 Å². The lowest BCUT2D eigenvalue weighted by Gasteiger charge is -1.98. The monoisotopic (exact) mass is 188 g/mol. The zero-order valence-corrected chi connectivity index (χ0v) is 8.24. The third-order valence-corrected chi connectivity index (χ3v) is 2.10. The van der Waals surface area contributed by atoms with Gasteiger partial charge in [0, 0.05) is 5.56 Å². The molecule has 1 heterocycles. The molecule has 0 saturated carbocycles. The molecule has 0 aliphatic carbocycles. The summed E-state index contributed by atoms with van der Waals surface area (Å²) in [6, 6.07) is 8.32. The van der Waals surface area contributed by atoms with Crippen LogP contribution in [0.15, 0.2) is 28.7 Å². The van der Waals surface area contributed by atoms with Gasteiger partial charge in [0.2, 0.25) is 0 Å². The molecule has 0 radical (unpaired) electrons. The quantitative estimate of drug-likeness (QED) is 0.748. The van der Waals surface area contributed by atoms with Crippen LogP contribution >= 0.6 is 0 Å². The Morgan fingerprint density at radius 1 is 1.29 bits per heavy atom. The van der Waals surface area contributed by atoms with Crippen LogP contribution in [-0.4, -0.2) is 4.98 Å². The summed E-state index contributed by atoms with van der Waals surface area (Å²) in [5.41, 5.74) is 8.54. The number of aromatic nitrogens is 1. The molecule has 0 fully saturated rings. The van der Waals surface area contributed by atoms with Crippen molar-refractivity contribution in [2.24, 2.45) is 0 Å². The second-order valence-electron chi connectivity index (χ2n) is 3.33. The van der Waals surface area contributed by atoms with Crippen molar-refractivity contribution in [1.29, 1.82) is 0 Å². The minimum Gasteiger partial charge on any atom is -0.429 e. The molecule has 2 N–H and O–H groups in total. The second-order valence-corrected chi connectivity index (χ2v) is 3.33. The average Bonchev–Trinajstić information content (AvgIpc) is 2.45. The van der Waals surface area contributed by atoms with Crippen molar-refractivity contribution in [2.75, 3.05) is 5.73 Å². The van der Waals surface area contributed by atoms with Gasteiger partial charge in [-0.15, -0.1) is 0 Å². The van der Waals surface area contributed by atoms with E-state index in [1.807, 2.05) is 32.0 Å². The fourth-order valence-electron chi connectivity index (χ4n) is 1.48. The Kier molecular flexibility index (Phi) is 2.00. The number of oxazole rings is 1. The summed E-state index contributed by atoms with van der Waals surface area (Å²) in [6.07, 6.45) is 0. The van der Waals surface area contributed by atoms with Gasteiger partial charge in [-0.25, -0.2) is 0 Å². The third kappa shape index (κ3) is 1.48. The van der Waals surface area contributed by atoms with E-state index >= 15 is 0 Å². The van der Waals surface area contributed by atoms with Crippen molar-refractivity contribution in [3.8, 4) is 11.3 Å². The molecule has 3 heteroatoms. The molecule has 0 spiro atoms. The lowest BCUT2D eigenvalue weighted by atomic mass is 10.1. The molecule has 2 rings (SSSR count). The molecular weight excluding hydrogens is 176 g/mol. The van der Waals surface area contributed by atoms with Crippen molar-refractivity contribution in [2.45, 2.75) is 13.8 Å². The van der Waals surface area contributed by atoms with Crippen molar-refractivity contribution in [3.05, 3.63) is 35.6 Å². The minimum atomic E-state index is 0.221. The number of hydrogen-bond acceptors (Lipinski definition) is 3. The normalized spacial score (nSPS) is 10.4. The van der Waals surface area contributed by atoms with E-state index in [-0.39, 0.29) is 6.01 Å². The Morgan fingerprint density at radius 3 is 2.64 bits per heavy atom. The molecule has 1 aromatic heterocycles. The molecule has 2 aromatic rings. The van der Waals surface area contributed by atoms with Crippen LogP contribution < -0.4 is 5.73 Å². The number of anilines is 1. The molecular formula is C11H12N2O. The van der Waals surface area contributed by atoms with Crippen molar-refractivity contribution < 1.29 is 4.42 Å². The molecule has 1 aromatic carbocycles. The van der Waals surface area contributed by atoms with Crippen LogP contribution in [0.4, 0.5) is 6.01 Å². The summed E-state index contributed by atoms with van der Waals surface area (Å²) >= 11 is 0. The van der Waals surface area contributed by atoms with Gasteiger partial charge in [-0.2, -0.15) is 4.98 Å². The van der Waals surface area contributed by atoms with Gasteiger partial charge >= 0.3 is 0 Å². The van der Waals surface area contributed by atoms with Crippen LogP contribution in [-0.2, 0) is 0 Å². The first kappa shape index (κ1) is 8.81. The zero-order chi connectivity index (χ0) is 10.1. The highest BCUT2D eigenvalue weighted by Crippen LogP contribution is 2.24. The zero-order valence-electron chi connectivity index (χ0n) is 8.24. The number of aryl methyl sites for hydroxylation is 2. The highest BCUT2D eigenvalue weighted by atomic mass is 16.4. The maximum atomic E-state index is 5.48. The number of benzene rings is 1. The summed E-state index contributed by atoms with van der Waals surface area (Å²) in [4.78, 5) is 4.13. The Bertz CT molecular complexity index is 460. The van der Waals surface area contributed by atoms with Gasteiger partial charge in [-0.05, 0) is 19.9 Å². The van der Waals surface area contributed by atoms with Crippen LogP contribution in [0, 0.1) is 13.8 Å². The Labute approximate surface area is 82.6 Å². The molecule has 14 heavy (non-hydrogen) atoms. The molecule has 0 saturated heterocycles. The van der Waals surface area contributed by atoms with Crippen LogP contribution in [0.2, 0.25) is 0 Å². The van der Waals surface area contributed by atoms with Crippen molar-refractivity contribution >= 4 is 6.01 Å². The maximum absolute atomic E-state index is 5.48. The smallest absolute Gasteiger partial charge is 0.292 e. The molecule has 0 unspecified atom stereocenters. The Balaban J connectivity index is 2.54. The lowest BCUT2D eigenvalue weighted by molar-refractivity contribution is 0.549. The van der Waals surface area contributed by atoms with Crippen LogP contribution in [0.1, 0.15) is 11.3 Å². The maximum Gasteiger partial charge on any atom is 0.292 e. The van der Waals surface area contributed by atoms with Crippen molar-refractivity contribution in [1.82, 2.24) is 4.98 Å². The molecule has 0 amide bonds. The van der Waals surface area contributed by atoms with Gasteiger partial charge in [0.25, 0.3) is 6.01 Å². The minimum absolute atomic E-state index is 0.221. The van der Waals surface area contributed by atoms with E-state index in [0.29, 0.717) is 0 Å². The molecule has 0 aliphatic rings. The van der Waals surface area contributed by atoms with Crippen LogP contribution in [0.25, 0.3) is 11.3 Å². The summed E-state index contributed by atoms with van der Waals surface area (Å²) in [6.45, 7) is 3.91. The fourth-order valence-corrected chi connectivity index (χ4v) is 1.48. The molecule has 72 valence electrons. The molecule has 0 aliphatic heterocycles. The Hall–Kier alpha value is -1.77. The fraction of sp³-hybridized carbons (Fsp3) is 0.182. The van der Waals surface area contributed by atoms with E-state index in [9.17, 15) is 0 Å². The molecule has 0 atom stereocenters. The van der Waals surface area contributed by atoms with Gasteiger partial charge < -0.3 is 10.2 Å². The predicted octanol–water partition coefficient (Wildman–Crippen LogP) is 2.54. The number of nitrogens with zero attached hydrogens (tertiary/aromatic N) is 1. The predicted molar refractivity (Wildman–Crippen MR) is 55.8 cm³/mol. The van der Waals surface area contributed by atoms with Gasteiger partial charge in [-0.1, -0.05) is 23.8 Å². The van der Waals surface area contributed by atoms with Crippen LogP contribution in [0.5, 0.6) is 0 Å². The van der Waals surface area contributed by atoms with Gasteiger partial charge in [0.1, 0.15) is 11.5 Å². The summed E-state index contributed by atoms with van der Waals surface area (Å²) < 4.78 is 5.18. The highest BCUT2D eigenvalue weighted by molar-refractivity contribution is 5.62. The first-order chi connectivity index (χ1) is 6.66. The summed E-state index contributed by atoms with van der Waals surface area (Å²) in [5, 5.41) is 0. The summed E-state index contributed by atoms with van der Waals surface area (Å²) in [5.74, 6) is 0.758. The van der Waals surface area contributed by atoms with E-state index in [2.05, 4.69) is 11.1 Å². The third-order valence-electron chi connectivity index (χ3n) is 2.10. The average molecular weight is 188 g/mol. The van der Waals surface area contributed by atoms with E-state index in [4.69, 9.17) is 10.2 Å². The number of nitrogens with two attached hydrogens (primary N) is 1. The van der Waals surface area contributed by atoms with Gasteiger partial charge in [-0.3, -0.25) is 0 Å². The molecule has 3 nitrogen and oxygen atoms in total. The number of nitrogen functional groups attached to an aromatic ring is 1. The topological polar surface area (TPSA) is 52.0 Å².